The van der Waals surface area contributed by atoms with Crippen molar-refractivity contribution in [2.75, 3.05) is 5.32 Å². The molecule has 0 unspecified atom stereocenters. The van der Waals surface area contributed by atoms with Crippen molar-refractivity contribution in [1.82, 2.24) is 9.97 Å². The summed E-state index contributed by atoms with van der Waals surface area (Å²) in [5, 5.41) is 23.3. The van der Waals surface area contributed by atoms with E-state index in [1.165, 1.54) is 11.3 Å². The second-order valence-electron chi connectivity index (χ2n) is 3.87. The van der Waals surface area contributed by atoms with Gasteiger partial charge in [-0.15, -0.1) is 11.3 Å². The molecule has 2 aromatic rings. The molecule has 2 aromatic heterocycles. The molecule has 0 bridgehead atoms. The molecule has 20 heavy (non-hydrogen) atoms. The first-order valence-corrected chi connectivity index (χ1v) is 6.32. The molecule has 0 aliphatic rings. The lowest BCUT2D eigenvalue weighted by molar-refractivity contribution is -0.384. The second-order valence-corrected chi connectivity index (χ2v) is 5.19. The number of hydrogen-bond acceptors (Lipinski definition) is 7. The quantitative estimate of drug-likeness (QED) is 0.640. The Balaban J connectivity index is 2.22. The van der Waals surface area contributed by atoms with Crippen LogP contribution in [-0.4, -0.2) is 26.0 Å². The molecular weight excluding hydrogens is 284 g/mol. The zero-order valence-corrected chi connectivity index (χ0v) is 11.2. The molecule has 0 aliphatic heterocycles. The van der Waals surface area contributed by atoms with Gasteiger partial charge in [-0.3, -0.25) is 10.1 Å². The van der Waals surface area contributed by atoms with Crippen LogP contribution in [0.4, 0.5) is 11.5 Å². The molecule has 2 heterocycles. The molecule has 0 aliphatic carbocycles. The molecule has 9 heteroatoms. The maximum absolute atomic E-state index is 10.9. The highest BCUT2D eigenvalue weighted by Gasteiger charge is 2.18. The van der Waals surface area contributed by atoms with Crippen molar-refractivity contribution in [3.63, 3.8) is 0 Å². The molecule has 8 nitrogen and oxygen atoms in total. The minimum atomic E-state index is -1.26. The normalized spacial score (nSPS) is 10.2. The van der Waals surface area contributed by atoms with Crippen molar-refractivity contribution in [2.45, 2.75) is 13.5 Å². The third kappa shape index (κ3) is 3.06. The van der Waals surface area contributed by atoms with Crippen molar-refractivity contribution in [3.8, 4) is 0 Å². The predicted molar refractivity (Wildman–Crippen MR) is 72.0 cm³/mol. The largest absolute Gasteiger partial charge is 0.478 e. The van der Waals surface area contributed by atoms with Gasteiger partial charge in [-0.05, 0) is 6.92 Å². The second kappa shape index (κ2) is 5.61. The van der Waals surface area contributed by atoms with Crippen LogP contribution in [0.3, 0.4) is 0 Å². The average Bonchev–Trinajstić information content (AvgIpc) is 2.81. The van der Waals surface area contributed by atoms with Crippen LogP contribution in [0.15, 0.2) is 18.5 Å². The van der Waals surface area contributed by atoms with Crippen LogP contribution in [-0.2, 0) is 6.54 Å². The van der Waals surface area contributed by atoms with E-state index in [1.807, 2.05) is 6.92 Å². The van der Waals surface area contributed by atoms with Crippen molar-refractivity contribution >= 4 is 28.8 Å². The van der Waals surface area contributed by atoms with Crippen LogP contribution in [0, 0.1) is 17.0 Å². The molecule has 0 amide bonds. The Hall–Kier alpha value is -2.55. The average molecular weight is 294 g/mol. The van der Waals surface area contributed by atoms with Crippen molar-refractivity contribution in [2.24, 2.45) is 0 Å². The van der Waals surface area contributed by atoms with E-state index in [0.29, 0.717) is 6.54 Å². The fourth-order valence-electron chi connectivity index (χ4n) is 1.49. The van der Waals surface area contributed by atoms with Crippen molar-refractivity contribution < 1.29 is 14.8 Å². The van der Waals surface area contributed by atoms with Crippen molar-refractivity contribution in [3.05, 3.63) is 44.0 Å². The number of nitrogens with one attached hydrogen (secondary N) is 1. The van der Waals surface area contributed by atoms with Crippen LogP contribution in [0.1, 0.15) is 20.2 Å². The molecule has 0 fully saturated rings. The molecule has 0 saturated heterocycles. The topological polar surface area (TPSA) is 118 Å². The molecule has 2 rings (SSSR count). The van der Waals surface area contributed by atoms with E-state index in [2.05, 4.69) is 15.3 Å². The molecule has 0 saturated carbocycles. The molecule has 104 valence electrons. The highest BCUT2D eigenvalue weighted by Crippen LogP contribution is 2.24. The van der Waals surface area contributed by atoms with Gasteiger partial charge >= 0.3 is 11.7 Å². The molecule has 0 atom stereocenters. The van der Waals surface area contributed by atoms with Gasteiger partial charge in [0.25, 0.3) is 0 Å². The van der Waals surface area contributed by atoms with Crippen LogP contribution in [0.5, 0.6) is 0 Å². The Morgan fingerprint density at radius 3 is 2.80 bits per heavy atom. The smallest absolute Gasteiger partial charge is 0.337 e. The summed E-state index contributed by atoms with van der Waals surface area (Å²) in [7, 11) is 0. The van der Waals surface area contributed by atoms with Gasteiger partial charge in [-0.25, -0.2) is 14.8 Å². The number of nitro groups is 1. The van der Waals surface area contributed by atoms with Gasteiger partial charge in [-0.2, -0.15) is 0 Å². The maximum Gasteiger partial charge on any atom is 0.337 e. The first-order valence-electron chi connectivity index (χ1n) is 5.50. The summed E-state index contributed by atoms with van der Waals surface area (Å²) in [4.78, 5) is 30.0. The summed E-state index contributed by atoms with van der Waals surface area (Å²) in [5.74, 6) is -1.24. The van der Waals surface area contributed by atoms with E-state index < -0.39 is 10.9 Å². The number of aromatic carboxylic acids is 1. The Bertz CT molecular complexity index is 670. The maximum atomic E-state index is 10.9. The fourth-order valence-corrected chi connectivity index (χ4v) is 2.21. The number of anilines is 1. The van der Waals surface area contributed by atoms with Crippen LogP contribution >= 0.6 is 11.3 Å². The van der Waals surface area contributed by atoms with E-state index in [9.17, 15) is 14.9 Å². The molecule has 0 radical (unpaired) electrons. The molecule has 0 aromatic carbocycles. The number of aromatic nitrogens is 2. The molecule has 2 N–H and O–H groups in total. The summed E-state index contributed by atoms with van der Waals surface area (Å²) < 4.78 is 0. The minimum Gasteiger partial charge on any atom is -0.478 e. The number of carboxylic acid groups (broad SMARTS) is 1. The van der Waals surface area contributed by atoms with E-state index >= 15 is 0 Å². The minimum absolute atomic E-state index is 0.0212. The first-order chi connectivity index (χ1) is 9.47. The molecular formula is C11H10N4O4S. The molecule has 0 spiro atoms. The third-order valence-corrected chi connectivity index (χ3v) is 3.30. The van der Waals surface area contributed by atoms with Gasteiger partial charge in [0.2, 0.25) is 5.82 Å². The summed E-state index contributed by atoms with van der Waals surface area (Å²) >= 11 is 1.46. The number of carboxylic acids is 1. The van der Waals surface area contributed by atoms with E-state index in [1.54, 1.807) is 6.20 Å². The Labute approximate surface area is 117 Å². The number of aryl methyl sites for hydroxylation is 1. The van der Waals surface area contributed by atoms with Gasteiger partial charge in [0, 0.05) is 23.3 Å². The van der Waals surface area contributed by atoms with Gasteiger partial charge in [0.15, 0.2) is 0 Å². The summed E-state index contributed by atoms with van der Waals surface area (Å²) in [6, 6.07) is 0.977. The Morgan fingerprint density at radius 1 is 1.50 bits per heavy atom. The van der Waals surface area contributed by atoms with Crippen molar-refractivity contribution in [1.29, 1.82) is 0 Å². The lowest BCUT2D eigenvalue weighted by Crippen LogP contribution is -2.07. The zero-order chi connectivity index (χ0) is 14.7. The SMILES string of the molecule is Cc1cnc(CNc2ncc(C(=O)O)cc2[N+](=O)[O-])s1. The highest BCUT2D eigenvalue weighted by atomic mass is 32.1. The highest BCUT2D eigenvalue weighted by molar-refractivity contribution is 7.11. The fraction of sp³-hybridized carbons (Fsp3) is 0.182. The van der Waals surface area contributed by atoms with Crippen LogP contribution in [0.2, 0.25) is 0 Å². The standard InChI is InChI=1S/C11H10N4O4S/c1-6-3-12-9(20-6)5-14-10-8(15(18)19)2-7(4-13-10)11(16)17/h2-4H,5H2,1H3,(H,13,14)(H,16,17). The van der Waals surface area contributed by atoms with Gasteiger partial charge in [0.05, 0.1) is 17.0 Å². The summed E-state index contributed by atoms with van der Waals surface area (Å²) in [6.07, 6.45) is 2.78. The number of hydrogen-bond donors (Lipinski definition) is 2. The Kier molecular flexibility index (Phi) is 3.89. The Morgan fingerprint density at radius 2 is 2.25 bits per heavy atom. The lowest BCUT2D eigenvalue weighted by Gasteiger charge is -2.04. The number of rotatable bonds is 5. The number of nitrogens with zero attached hydrogens (tertiary/aromatic N) is 3. The van der Waals surface area contributed by atoms with Gasteiger partial charge in [0.1, 0.15) is 5.01 Å². The van der Waals surface area contributed by atoms with E-state index in [0.717, 1.165) is 22.1 Å². The lowest BCUT2D eigenvalue weighted by atomic mass is 10.2. The summed E-state index contributed by atoms with van der Waals surface area (Å²) in [5.41, 5.74) is -0.606. The van der Waals surface area contributed by atoms with Crippen LogP contribution in [0.25, 0.3) is 0 Å². The van der Waals surface area contributed by atoms with Gasteiger partial charge in [-0.1, -0.05) is 0 Å². The van der Waals surface area contributed by atoms with E-state index in [4.69, 9.17) is 5.11 Å². The van der Waals surface area contributed by atoms with Gasteiger partial charge < -0.3 is 10.4 Å². The monoisotopic (exact) mass is 294 g/mol. The predicted octanol–water partition coefficient (Wildman–Crippen LogP) is 2.07. The number of pyridine rings is 1. The zero-order valence-electron chi connectivity index (χ0n) is 10.4. The number of thiazole rings is 1. The third-order valence-electron chi connectivity index (χ3n) is 2.39. The first kappa shape index (κ1) is 13.9. The summed E-state index contributed by atoms with van der Waals surface area (Å²) in [6.45, 7) is 2.20. The van der Waals surface area contributed by atoms with E-state index in [-0.39, 0.29) is 17.1 Å². The van der Waals surface area contributed by atoms with Crippen LogP contribution < -0.4 is 5.32 Å². The number of carbonyl (C=O) groups is 1.